The second kappa shape index (κ2) is 4.42. The summed E-state index contributed by atoms with van der Waals surface area (Å²) < 4.78 is 5.22. The SMILES string of the molecule is Cc1ccccc1-c1noc(-c2ccc(C#N)[nH]2)n1. The van der Waals surface area contributed by atoms with Crippen molar-refractivity contribution in [1.82, 2.24) is 15.1 Å². The van der Waals surface area contributed by atoms with Crippen molar-refractivity contribution in [2.75, 3.05) is 0 Å². The summed E-state index contributed by atoms with van der Waals surface area (Å²) in [4.78, 5) is 7.24. The molecule has 0 aliphatic carbocycles. The van der Waals surface area contributed by atoms with Gasteiger partial charge < -0.3 is 9.51 Å². The number of nitrogens with zero attached hydrogens (tertiary/aromatic N) is 3. The topological polar surface area (TPSA) is 78.5 Å². The molecular weight excluding hydrogens is 240 g/mol. The minimum Gasteiger partial charge on any atom is -0.342 e. The molecule has 2 aromatic heterocycles. The molecule has 92 valence electrons. The summed E-state index contributed by atoms with van der Waals surface area (Å²) in [6, 6.07) is 13.3. The highest BCUT2D eigenvalue weighted by Gasteiger charge is 2.13. The van der Waals surface area contributed by atoms with Gasteiger partial charge in [-0.25, -0.2) is 0 Å². The lowest BCUT2D eigenvalue weighted by Crippen LogP contribution is -1.85. The van der Waals surface area contributed by atoms with Crippen LogP contribution in [0, 0.1) is 18.3 Å². The first-order valence-corrected chi connectivity index (χ1v) is 5.77. The zero-order chi connectivity index (χ0) is 13.2. The molecule has 0 atom stereocenters. The molecule has 3 aromatic rings. The number of aromatic nitrogens is 3. The van der Waals surface area contributed by atoms with E-state index in [-0.39, 0.29) is 0 Å². The van der Waals surface area contributed by atoms with Crippen LogP contribution in [-0.4, -0.2) is 15.1 Å². The van der Waals surface area contributed by atoms with E-state index in [2.05, 4.69) is 15.1 Å². The van der Waals surface area contributed by atoms with E-state index in [1.807, 2.05) is 37.3 Å². The molecule has 1 aromatic carbocycles. The van der Waals surface area contributed by atoms with Gasteiger partial charge in [-0.3, -0.25) is 0 Å². The summed E-state index contributed by atoms with van der Waals surface area (Å²) in [5.41, 5.74) is 3.12. The van der Waals surface area contributed by atoms with E-state index in [0.29, 0.717) is 23.1 Å². The Morgan fingerprint density at radius 1 is 1.21 bits per heavy atom. The number of rotatable bonds is 2. The molecule has 5 nitrogen and oxygen atoms in total. The number of H-pyrrole nitrogens is 1. The Kier molecular flexibility index (Phi) is 2.62. The average Bonchev–Trinajstić information content (AvgIpc) is 3.08. The van der Waals surface area contributed by atoms with Gasteiger partial charge in [0.15, 0.2) is 0 Å². The fourth-order valence-electron chi connectivity index (χ4n) is 1.85. The first-order chi connectivity index (χ1) is 9.28. The molecule has 2 heterocycles. The number of hydrogen-bond acceptors (Lipinski definition) is 4. The molecule has 0 radical (unpaired) electrons. The van der Waals surface area contributed by atoms with E-state index < -0.39 is 0 Å². The van der Waals surface area contributed by atoms with E-state index >= 15 is 0 Å². The maximum absolute atomic E-state index is 8.77. The lowest BCUT2D eigenvalue weighted by Gasteiger charge is -1.97. The summed E-state index contributed by atoms with van der Waals surface area (Å²) in [5.74, 6) is 0.918. The Labute approximate surface area is 109 Å². The maximum Gasteiger partial charge on any atom is 0.274 e. The number of nitrogens with one attached hydrogen (secondary N) is 1. The van der Waals surface area contributed by atoms with Crippen LogP contribution in [0.25, 0.3) is 23.0 Å². The zero-order valence-electron chi connectivity index (χ0n) is 10.2. The van der Waals surface area contributed by atoms with E-state index in [9.17, 15) is 0 Å². The van der Waals surface area contributed by atoms with E-state index in [4.69, 9.17) is 9.78 Å². The van der Waals surface area contributed by atoms with Gasteiger partial charge in [0.25, 0.3) is 5.89 Å². The van der Waals surface area contributed by atoms with Gasteiger partial charge in [-0.05, 0) is 24.6 Å². The third kappa shape index (κ3) is 2.00. The van der Waals surface area contributed by atoms with Gasteiger partial charge in [-0.1, -0.05) is 29.4 Å². The highest BCUT2D eigenvalue weighted by Crippen LogP contribution is 2.23. The third-order valence-corrected chi connectivity index (χ3v) is 2.85. The van der Waals surface area contributed by atoms with Gasteiger partial charge in [0.05, 0.1) is 0 Å². The average molecular weight is 250 g/mol. The van der Waals surface area contributed by atoms with Crippen LogP contribution in [0.5, 0.6) is 0 Å². The first-order valence-electron chi connectivity index (χ1n) is 5.77. The molecule has 0 saturated carbocycles. The third-order valence-electron chi connectivity index (χ3n) is 2.85. The number of aromatic amines is 1. The number of aryl methyl sites for hydroxylation is 1. The van der Waals surface area contributed by atoms with Crippen LogP contribution < -0.4 is 0 Å². The van der Waals surface area contributed by atoms with Crippen LogP contribution in [0.4, 0.5) is 0 Å². The van der Waals surface area contributed by atoms with E-state index in [1.54, 1.807) is 12.1 Å². The largest absolute Gasteiger partial charge is 0.342 e. The van der Waals surface area contributed by atoms with Crippen molar-refractivity contribution < 1.29 is 4.52 Å². The molecule has 0 spiro atoms. The highest BCUT2D eigenvalue weighted by molar-refractivity contribution is 5.61. The molecule has 0 bridgehead atoms. The molecule has 0 saturated heterocycles. The number of hydrogen-bond donors (Lipinski definition) is 1. The normalized spacial score (nSPS) is 10.3. The van der Waals surface area contributed by atoms with E-state index in [0.717, 1.165) is 11.1 Å². The van der Waals surface area contributed by atoms with Gasteiger partial charge in [0.1, 0.15) is 17.5 Å². The molecule has 0 aliphatic rings. The number of benzene rings is 1. The molecule has 3 rings (SSSR count). The summed E-state index contributed by atoms with van der Waals surface area (Å²) in [6.07, 6.45) is 0. The molecule has 0 unspecified atom stereocenters. The maximum atomic E-state index is 8.77. The standard InChI is InChI=1S/C14H10N4O/c1-9-4-2-3-5-11(9)13-17-14(19-18-13)12-7-6-10(8-15)16-12/h2-7,16H,1H3. The van der Waals surface area contributed by atoms with Crippen LogP contribution in [0.15, 0.2) is 40.9 Å². The molecule has 19 heavy (non-hydrogen) atoms. The fraction of sp³-hybridized carbons (Fsp3) is 0.0714. The minimum atomic E-state index is 0.375. The Bertz CT molecular complexity index is 764. The fourth-order valence-corrected chi connectivity index (χ4v) is 1.85. The predicted molar refractivity (Wildman–Crippen MR) is 69.0 cm³/mol. The molecule has 1 N–H and O–H groups in total. The van der Waals surface area contributed by atoms with Gasteiger partial charge in [-0.15, -0.1) is 0 Å². The van der Waals surface area contributed by atoms with Crippen LogP contribution in [-0.2, 0) is 0 Å². The number of nitriles is 1. The second-order valence-electron chi connectivity index (χ2n) is 4.14. The predicted octanol–water partition coefficient (Wildman–Crippen LogP) is 2.91. The van der Waals surface area contributed by atoms with Gasteiger partial charge in [0.2, 0.25) is 5.82 Å². The minimum absolute atomic E-state index is 0.375. The van der Waals surface area contributed by atoms with Crippen molar-refractivity contribution in [2.45, 2.75) is 6.92 Å². The molecular formula is C14H10N4O. The van der Waals surface area contributed by atoms with Gasteiger partial charge in [0, 0.05) is 5.56 Å². The Morgan fingerprint density at radius 2 is 2.05 bits per heavy atom. The van der Waals surface area contributed by atoms with Crippen molar-refractivity contribution in [3.63, 3.8) is 0 Å². The first kappa shape index (κ1) is 11.2. The van der Waals surface area contributed by atoms with Crippen LogP contribution in [0.2, 0.25) is 0 Å². The Balaban J connectivity index is 2.00. The summed E-state index contributed by atoms with van der Waals surface area (Å²) in [5, 5.41) is 12.7. The van der Waals surface area contributed by atoms with Gasteiger partial charge >= 0.3 is 0 Å². The van der Waals surface area contributed by atoms with Crippen molar-refractivity contribution in [3.05, 3.63) is 47.7 Å². The van der Waals surface area contributed by atoms with Crippen molar-refractivity contribution >= 4 is 0 Å². The van der Waals surface area contributed by atoms with Crippen LogP contribution in [0.1, 0.15) is 11.3 Å². The molecule has 0 fully saturated rings. The highest BCUT2D eigenvalue weighted by atomic mass is 16.5. The monoisotopic (exact) mass is 250 g/mol. The van der Waals surface area contributed by atoms with Crippen molar-refractivity contribution in [1.29, 1.82) is 5.26 Å². The quantitative estimate of drug-likeness (QED) is 0.758. The molecule has 0 amide bonds. The van der Waals surface area contributed by atoms with Gasteiger partial charge in [-0.2, -0.15) is 10.2 Å². The Hall–Kier alpha value is -2.87. The van der Waals surface area contributed by atoms with Crippen molar-refractivity contribution in [3.8, 4) is 29.0 Å². The molecule has 5 heteroatoms. The summed E-state index contributed by atoms with van der Waals surface area (Å²) >= 11 is 0. The Morgan fingerprint density at radius 3 is 2.79 bits per heavy atom. The van der Waals surface area contributed by atoms with Crippen LogP contribution >= 0.6 is 0 Å². The second-order valence-corrected chi connectivity index (χ2v) is 4.14. The summed E-state index contributed by atoms with van der Waals surface area (Å²) in [7, 11) is 0. The molecule has 0 aliphatic heterocycles. The lowest BCUT2D eigenvalue weighted by atomic mass is 10.1. The van der Waals surface area contributed by atoms with E-state index in [1.165, 1.54) is 0 Å². The zero-order valence-corrected chi connectivity index (χ0v) is 10.2. The smallest absolute Gasteiger partial charge is 0.274 e. The lowest BCUT2D eigenvalue weighted by molar-refractivity contribution is 0.431. The van der Waals surface area contributed by atoms with Crippen molar-refractivity contribution in [2.24, 2.45) is 0 Å². The van der Waals surface area contributed by atoms with Crippen LogP contribution in [0.3, 0.4) is 0 Å². The summed E-state index contributed by atoms with van der Waals surface area (Å²) in [6.45, 7) is 1.99.